The highest BCUT2D eigenvalue weighted by Gasteiger charge is 2.28. The summed E-state index contributed by atoms with van der Waals surface area (Å²) in [6.45, 7) is 9.69. The Morgan fingerprint density at radius 2 is 1.82 bits per heavy atom. The van der Waals surface area contributed by atoms with Crippen LogP contribution in [0.4, 0.5) is 10.2 Å². The van der Waals surface area contributed by atoms with Crippen LogP contribution in [0.1, 0.15) is 68.1 Å². The SMILES string of the molecule is CC(C(=O)N(C)c1cc(C(C)(C)C)nn1-c1cccc(Cl)c1)c1ccc(C(=O)NC2CCN(C)CC2)c(F)c1. The number of benzene rings is 2. The van der Waals surface area contributed by atoms with Gasteiger partial charge < -0.3 is 10.2 Å². The number of rotatable bonds is 6. The van der Waals surface area contributed by atoms with Crippen LogP contribution < -0.4 is 10.2 Å². The van der Waals surface area contributed by atoms with Crippen LogP contribution in [0.15, 0.2) is 48.5 Å². The van der Waals surface area contributed by atoms with Gasteiger partial charge in [-0.3, -0.25) is 14.5 Å². The normalized spacial score (nSPS) is 15.7. The number of carbonyl (C=O) groups excluding carboxylic acids is 2. The molecule has 2 aromatic carbocycles. The van der Waals surface area contributed by atoms with Crippen LogP contribution >= 0.6 is 11.6 Å². The molecule has 7 nitrogen and oxygen atoms in total. The summed E-state index contributed by atoms with van der Waals surface area (Å²) in [5, 5.41) is 8.29. The number of nitrogens with zero attached hydrogens (tertiary/aromatic N) is 4. The minimum Gasteiger partial charge on any atom is -0.349 e. The lowest BCUT2D eigenvalue weighted by molar-refractivity contribution is -0.119. The predicted octanol–water partition coefficient (Wildman–Crippen LogP) is 5.55. The molecule has 1 N–H and O–H groups in total. The van der Waals surface area contributed by atoms with E-state index in [1.54, 1.807) is 36.9 Å². The second kappa shape index (κ2) is 11.5. The summed E-state index contributed by atoms with van der Waals surface area (Å²) in [6, 6.07) is 13.6. The van der Waals surface area contributed by atoms with Gasteiger partial charge in [-0.05, 0) is 75.8 Å². The lowest BCUT2D eigenvalue weighted by atomic mass is 9.92. The number of likely N-dealkylation sites (N-methyl/N-ethyl adjacent to an activating group) is 1. The van der Waals surface area contributed by atoms with Crippen molar-refractivity contribution < 1.29 is 14.0 Å². The fraction of sp³-hybridized carbons (Fsp3) is 0.433. The topological polar surface area (TPSA) is 70.5 Å². The molecule has 0 saturated carbocycles. The zero-order valence-corrected chi connectivity index (χ0v) is 24.2. The van der Waals surface area contributed by atoms with Crippen LogP contribution in [0.25, 0.3) is 5.69 Å². The van der Waals surface area contributed by atoms with E-state index in [0.29, 0.717) is 16.4 Å². The average molecular weight is 554 g/mol. The number of piperidine rings is 1. The number of hydrogen-bond acceptors (Lipinski definition) is 4. The summed E-state index contributed by atoms with van der Waals surface area (Å²) in [6.07, 6.45) is 1.67. The molecule has 1 aliphatic rings. The molecule has 1 atom stereocenters. The van der Waals surface area contributed by atoms with Gasteiger partial charge in [0.05, 0.1) is 22.9 Å². The van der Waals surface area contributed by atoms with E-state index in [2.05, 4.69) is 31.0 Å². The molecule has 1 fully saturated rings. The first-order valence-corrected chi connectivity index (χ1v) is 13.7. The molecular weight excluding hydrogens is 517 g/mol. The second-order valence-corrected chi connectivity index (χ2v) is 11.9. The van der Waals surface area contributed by atoms with Crippen molar-refractivity contribution in [2.45, 2.75) is 57.9 Å². The van der Waals surface area contributed by atoms with Crippen molar-refractivity contribution in [3.63, 3.8) is 0 Å². The Labute approximate surface area is 234 Å². The van der Waals surface area contributed by atoms with Gasteiger partial charge in [0, 0.05) is 29.6 Å². The summed E-state index contributed by atoms with van der Waals surface area (Å²) in [5.41, 5.74) is 1.77. The molecule has 9 heteroatoms. The van der Waals surface area contributed by atoms with Crippen LogP contribution in [0, 0.1) is 5.82 Å². The van der Waals surface area contributed by atoms with Crippen molar-refractivity contribution in [3.05, 3.63) is 76.2 Å². The highest BCUT2D eigenvalue weighted by atomic mass is 35.5. The molecule has 3 aromatic rings. The van der Waals surface area contributed by atoms with E-state index in [1.165, 1.54) is 17.0 Å². The summed E-state index contributed by atoms with van der Waals surface area (Å²) in [7, 11) is 3.73. The zero-order chi connectivity index (χ0) is 28.5. The molecule has 1 aromatic heterocycles. The van der Waals surface area contributed by atoms with Crippen molar-refractivity contribution in [1.29, 1.82) is 0 Å². The Hall–Kier alpha value is -3.23. The molecular formula is C30H37ClFN5O2. The van der Waals surface area contributed by atoms with Gasteiger partial charge in [0.2, 0.25) is 5.91 Å². The van der Waals surface area contributed by atoms with E-state index in [-0.39, 0.29) is 22.9 Å². The van der Waals surface area contributed by atoms with E-state index in [0.717, 1.165) is 37.3 Å². The van der Waals surface area contributed by atoms with Gasteiger partial charge in [0.1, 0.15) is 11.6 Å². The smallest absolute Gasteiger partial charge is 0.254 e. The van der Waals surface area contributed by atoms with E-state index < -0.39 is 17.6 Å². The maximum atomic E-state index is 15.1. The van der Waals surface area contributed by atoms with Crippen LogP contribution in [-0.4, -0.2) is 59.7 Å². The number of nitrogens with one attached hydrogen (secondary N) is 1. The maximum Gasteiger partial charge on any atom is 0.254 e. The van der Waals surface area contributed by atoms with Crippen molar-refractivity contribution in [2.75, 3.05) is 32.1 Å². The summed E-state index contributed by atoms with van der Waals surface area (Å²) >= 11 is 6.24. The zero-order valence-electron chi connectivity index (χ0n) is 23.5. The van der Waals surface area contributed by atoms with Gasteiger partial charge >= 0.3 is 0 Å². The molecule has 2 amide bonds. The highest BCUT2D eigenvalue weighted by molar-refractivity contribution is 6.30. The number of hydrogen-bond donors (Lipinski definition) is 1. The fourth-order valence-electron chi connectivity index (χ4n) is 4.72. The number of aromatic nitrogens is 2. The number of anilines is 1. The number of amides is 2. The molecule has 0 spiro atoms. The molecule has 39 heavy (non-hydrogen) atoms. The fourth-order valence-corrected chi connectivity index (χ4v) is 4.91. The molecule has 0 radical (unpaired) electrons. The highest BCUT2D eigenvalue weighted by Crippen LogP contribution is 2.31. The molecule has 2 heterocycles. The largest absolute Gasteiger partial charge is 0.349 e. The van der Waals surface area contributed by atoms with Gasteiger partial charge in [-0.1, -0.05) is 44.5 Å². The van der Waals surface area contributed by atoms with E-state index in [4.69, 9.17) is 16.7 Å². The van der Waals surface area contributed by atoms with Gasteiger partial charge in [-0.25, -0.2) is 9.07 Å². The van der Waals surface area contributed by atoms with Crippen LogP contribution in [0.2, 0.25) is 5.02 Å². The van der Waals surface area contributed by atoms with Crippen LogP contribution in [-0.2, 0) is 10.2 Å². The lowest BCUT2D eigenvalue weighted by Crippen LogP contribution is -2.43. The molecule has 1 unspecified atom stereocenters. The average Bonchev–Trinajstić information content (AvgIpc) is 3.35. The Bertz CT molecular complexity index is 1360. The third-order valence-corrected chi connectivity index (χ3v) is 7.58. The Morgan fingerprint density at radius 3 is 2.44 bits per heavy atom. The minimum atomic E-state index is -0.656. The van der Waals surface area contributed by atoms with Gasteiger partial charge in [0.15, 0.2) is 0 Å². The van der Waals surface area contributed by atoms with Crippen molar-refractivity contribution in [2.24, 2.45) is 0 Å². The Morgan fingerprint density at radius 1 is 1.13 bits per heavy atom. The van der Waals surface area contributed by atoms with Crippen molar-refractivity contribution in [3.8, 4) is 5.69 Å². The van der Waals surface area contributed by atoms with Crippen molar-refractivity contribution >= 4 is 29.2 Å². The Balaban J connectivity index is 1.55. The molecule has 4 rings (SSSR count). The number of halogens is 2. The second-order valence-electron chi connectivity index (χ2n) is 11.4. The quantitative estimate of drug-likeness (QED) is 0.434. The van der Waals surface area contributed by atoms with E-state index >= 15 is 4.39 Å². The first-order valence-electron chi connectivity index (χ1n) is 13.3. The van der Waals surface area contributed by atoms with Gasteiger partial charge in [-0.2, -0.15) is 5.10 Å². The number of carbonyl (C=O) groups is 2. The molecule has 0 aliphatic carbocycles. The molecule has 1 aliphatic heterocycles. The monoisotopic (exact) mass is 553 g/mol. The molecule has 0 bridgehead atoms. The minimum absolute atomic E-state index is 0.0143. The summed E-state index contributed by atoms with van der Waals surface area (Å²) < 4.78 is 16.8. The van der Waals surface area contributed by atoms with E-state index in [1.807, 2.05) is 25.2 Å². The predicted molar refractivity (Wildman–Crippen MR) is 153 cm³/mol. The van der Waals surface area contributed by atoms with Gasteiger partial charge in [0.25, 0.3) is 5.91 Å². The summed E-state index contributed by atoms with van der Waals surface area (Å²) in [4.78, 5) is 30.1. The Kier molecular flexibility index (Phi) is 8.47. The summed E-state index contributed by atoms with van der Waals surface area (Å²) in [5.74, 6) is -1.38. The molecule has 208 valence electrons. The van der Waals surface area contributed by atoms with Crippen LogP contribution in [0.3, 0.4) is 0 Å². The first-order chi connectivity index (χ1) is 18.3. The lowest BCUT2D eigenvalue weighted by Gasteiger charge is -2.29. The molecule has 1 saturated heterocycles. The number of likely N-dealkylation sites (tertiary alicyclic amines) is 1. The maximum absolute atomic E-state index is 15.1. The third-order valence-electron chi connectivity index (χ3n) is 7.35. The van der Waals surface area contributed by atoms with E-state index in [9.17, 15) is 9.59 Å². The third kappa shape index (κ3) is 6.50. The van der Waals surface area contributed by atoms with Gasteiger partial charge in [-0.15, -0.1) is 0 Å². The standard InChI is InChI=1S/C30H37ClFN5O2/c1-19(20-10-11-24(25(32)16-20)28(38)33-22-12-14-35(5)15-13-22)29(39)36(6)27-18-26(30(2,3)4)34-37(27)23-9-7-8-21(31)17-23/h7-11,16-19,22H,12-15H2,1-6H3,(H,33,38). The first kappa shape index (κ1) is 28.8. The van der Waals surface area contributed by atoms with Crippen molar-refractivity contribution in [1.82, 2.24) is 20.0 Å². The van der Waals surface area contributed by atoms with Crippen LogP contribution in [0.5, 0.6) is 0 Å².